The van der Waals surface area contributed by atoms with Gasteiger partial charge in [-0.3, -0.25) is 0 Å². The minimum atomic E-state index is 1.02. The van der Waals surface area contributed by atoms with E-state index in [0.29, 0.717) is 0 Å². The van der Waals surface area contributed by atoms with Crippen molar-refractivity contribution in [1.82, 2.24) is 0 Å². The molecule has 382 valence electrons. The number of benzene rings is 13. The quantitative estimate of drug-likeness (QED) is 0.114. The first-order valence-electron chi connectivity index (χ1n) is 27.6. The van der Waals surface area contributed by atoms with E-state index in [-0.39, 0.29) is 0 Å². The fraction of sp³-hybridized carbons (Fsp3) is 0. The summed E-state index contributed by atoms with van der Waals surface area (Å²) >= 11 is 1.86. The van der Waals surface area contributed by atoms with Gasteiger partial charge in [0, 0.05) is 42.9 Å². The standard InChI is InChI=1S/C78H54N2S/c1-6-18-55(19-7-1)59-34-43-67(44-35-59)79(68-45-36-60(37-46-68)56-20-8-2-9-21-56)75-53-73(64-26-14-5-15-27-64)74(65-32-30-63(31-33-65)66-42-51-72-71-28-16-17-29-77(71)81-78(72)52-66)54-76(75)80(69-47-38-61(39-48-69)57-22-10-3-11-23-57)70-49-40-62(41-50-70)58-24-12-4-13-25-58/h1-54H. The molecule has 0 bridgehead atoms. The smallest absolute Gasteiger partial charge is 0.0709 e. The number of hydrogen-bond acceptors (Lipinski definition) is 3. The molecule has 2 nitrogen and oxygen atoms in total. The Morgan fingerprint density at radius 2 is 0.444 bits per heavy atom. The van der Waals surface area contributed by atoms with E-state index in [1.54, 1.807) is 0 Å². The molecule has 0 radical (unpaired) electrons. The summed E-state index contributed by atoms with van der Waals surface area (Å²) < 4.78 is 2.61. The van der Waals surface area contributed by atoms with Gasteiger partial charge < -0.3 is 9.80 Å². The average molecular weight is 1050 g/mol. The lowest BCUT2D eigenvalue weighted by atomic mass is 9.91. The summed E-state index contributed by atoms with van der Waals surface area (Å²) in [5, 5.41) is 2.62. The Morgan fingerprint density at radius 3 is 0.827 bits per heavy atom. The molecular formula is C78H54N2S. The van der Waals surface area contributed by atoms with Gasteiger partial charge in [0.2, 0.25) is 0 Å². The van der Waals surface area contributed by atoms with Crippen LogP contribution < -0.4 is 9.80 Å². The van der Waals surface area contributed by atoms with Crippen molar-refractivity contribution in [3.8, 4) is 77.9 Å². The molecule has 0 amide bonds. The predicted octanol–water partition coefficient (Wildman–Crippen LogP) is 22.7. The third-order valence-electron chi connectivity index (χ3n) is 15.5. The molecule has 3 heteroatoms. The summed E-state index contributed by atoms with van der Waals surface area (Å²) in [6, 6.07) is 119. The minimum absolute atomic E-state index is 1.02. The van der Waals surface area contributed by atoms with Gasteiger partial charge in [-0.15, -0.1) is 11.3 Å². The molecule has 0 unspecified atom stereocenters. The fourth-order valence-corrected chi connectivity index (χ4v) is 12.5. The van der Waals surface area contributed by atoms with Crippen molar-refractivity contribution in [3.05, 3.63) is 328 Å². The van der Waals surface area contributed by atoms with Gasteiger partial charge in [-0.2, -0.15) is 0 Å². The first-order chi connectivity index (χ1) is 40.1. The van der Waals surface area contributed by atoms with Crippen molar-refractivity contribution >= 4 is 65.6 Å². The second kappa shape index (κ2) is 21.8. The molecule has 81 heavy (non-hydrogen) atoms. The number of hydrogen-bond donors (Lipinski definition) is 0. The van der Waals surface area contributed by atoms with Crippen LogP contribution in [0.15, 0.2) is 328 Å². The molecular weight excluding hydrogens is 997 g/mol. The Balaban J connectivity index is 1.01. The molecule has 0 saturated carbocycles. The van der Waals surface area contributed by atoms with Crippen LogP contribution in [0.5, 0.6) is 0 Å². The highest BCUT2D eigenvalue weighted by Gasteiger charge is 2.26. The SMILES string of the molecule is c1ccc(-c2ccc(N(c3ccc(-c4ccccc4)cc3)c3cc(-c4ccccc4)c(-c4ccc(-c5ccc6c(c5)sc5ccccc56)cc4)cc3N(c3ccc(-c4ccccc4)cc3)c3ccc(-c4ccccc4)cc3)cc2)cc1. The Kier molecular flexibility index (Phi) is 13.2. The Labute approximate surface area is 478 Å². The molecule has 0 N–H and O–H groups in total. The van der Waals surface area contributed by atoms with Gasteiger partial charge in [0.05, 0.1) is 11.4 Å². The van der Waals surface area contributed by atoms with Gasteiger partial charge >= 0.3 is 0 Å². The molecule has 1 heterocycles. The van der Waals surface area contributed by atoms with E-state index in [9.17, 15) is 0 Å². The van der Waals surface area contributed by atoms with Gasteiger partial charge in [-0.05, 0) is 151 Å². The van der Waals surface area contributed by atoms with Gasteiger partial charge in [-0.1, -0.05) is 255 Å². The molecule has 0 atom stereocenters. The van der Waals surface area contributed by atoms with Crippen LogP contribution in [0.2, 0.25) is 0 Å². The van der Waals surface area contributed by atoms with Crippen molar-refractivity contribution in [3.63, 3.8) is 0 Å². The predicted molar refractivity (Wildman–Crippen MR) is 347 cm³/mol. The van der Waals surface area contributed by atoms with Gasteiger partial charge in [-0.25, -0.2) is 0 Å². The normalized spacial score (nSPS) is 11.2. The van der Waals surface area contributed by atoms with Gasteiger partial charge in [0.25, 0.3) is 0 Å². The molecule has 1 aromatic heterocycles. The molecule has 13 aromatic carbocycles. The second-order valence-corrected chi connectivity index (χ2v) is 21.5. The number of nitrogens with zero attached hydrogens (tertiary/aromatic N) is 2. The third kappa shape index (κ3) is 9.89. The van der Waals surface area contributed by atoms with E-state index in [2.05, 4.69) is 337 Å². The van der Waals surface area contributed by atoms with Crippen molar-refractivity contribution in [2.75, 3.05) is 9.80 Å². The van der Waals surface area contributed by atoms with Crippen molar-refractivity contribution in [2.24, 2.45) is 0 Å². The van der Waals surface area contributed by atoms with E-state index in [1.807, 2.05) is 11.3 Å². The summed E-state index contributed by atoms with van der Waals surface area (Å²) in [7, 11) is 0. The number of fused-ring (bicyclic) bond motifs is 3. The monoisotopic (exact) mass is 1050 g/mol. The lowest BCUT2D eigenvalue weighted by Gasteiger charge is -2.35. The number of rotatable bonds is 13. The van der Waals surface area contributed by atoms with E-state index >= 15 is 0 Å². The highest BCUT2D eigenvalue weighted by molar-refractivity contribution is 7.25. The summed E-state index contributed by atoms with van der Waals surface area (Å²) in [4.78, 5) is 4.90. The number of thiophene rings is 1. The van der Waals surface area contributed by atoms with Gasteiger partial charge in [0.15, 0.2) is 0 Å². The molecule has 14 rings (SSSR count). The van der Waals surface area contributed by atoms with Crippen LogP contribution in [0.1, 0.15) is 0 Å². The largest absolute Gasteiger partial charge is 0.308 e. The van der Waals surface area contributed by atoms with E-state index in [1.165, 1.54) is 53.6 Å². The van der Waals surface area contributed by atoms with Gasteiger partial charge in [0.1, 0.15) is 0 Å². The molecule has 0 aliphatic carbocycles. The summed E-state index contributed by atoms with van der Waals surface area (Å²) in [6.07, 6.45) is 0. The van der Waals surface area contributed by atoms with Crippen molar-refractivity contribution in [2.45, 2.75) is 0 Å². The third-order valence-corrected chi connectivity index (χ3v) is 16.7. The van der Waals surface area contributed by atoms with Crippen LogP contribution >= 0.6 is 11.3 Å². The maximum absolute atomic E-state index is 2.45. The molecule has 0 aliphatic heterocycles. The highest BCUT2D eigenvalue weighted by Crippen LogP contribution is 2.51. The minimum Gasteiger partial charge on any atom is -0.308 e. The summed E-state index contributed by atoms with van der Waals surface area (Å²) in [6.45, 7) is 0. The lowest BCUT2D eigenvalue weighted by molar-refractivity contribution is 1.23. The maximum atomic E-state index is 2.45. The zero-order chi connectivity index (χ0) is 53.9. The van der Waals surface area contributed by atoms with Crippen molar-refractivity contribution < 1.29 is 0 Å². The Morgan fingerprint density at radius 1 is 0.185 bits per heavy atom. The van der Waals surface area contributed by atoms with Crippen LogP contribution in [-0.2, 0) is 0 Å². The van der Waals surface area contributed by atoms with Crippen molar-refractivity contribution in [1.29, 1.82) is 0 Å². The topological polar surface area (TPSA) is 6.48 Å². The maximum Gasteiger partial charge on any atom is 0.0709 e. The van der Waals surface area contributed by atoms with Crippen LogP contribution in [0, 0.1) is 0 Å². The summed E-state index contributed by atoms with van der Waals surface area (Å²) in [5.41, 5.74) is 22.4. The molecule has 14 aromatic rings. The average Bonchev–Trinajstić information content (AvgIpc) is 4.09. The van der Waals surface area contributed by atoms with E-state index < -0.39 is 0 Å². The first kappa shape index (κ1) is 49.0. The van der Waals surface area contributed by atoms with E-state index in [0.717, 1.165) is 78.6 Å². The summed E-state index contributed by atoms with van der Waals surface area (Å²) in [5.74, 6) is 0. The second-order valence-electron chi connectivity index (χ2n) is 20.5. The van der Waals surface area contributed by atoms with Crippen LogP contribution in [-0.4, -0.2) is 0 Å². The first-order valence-corrected chi connectivity index (χ1v) is 28.4. The molecule has 0 fully saturated rings. The van der Waals surface area contributed by atoms with Crippen LogP contribution in [0.25, 0.3) is 98.1 Å². The highest BCUT2D eigenvalue weighted by atomic mass is 32.1. The Bertz CT molecular complexity index is 4260. The fourth-order valence-electron chi connectivity index (χ4n) is 11.4. The lowest BCUT2D eigenvalue weighted by Crippen LogP contribution is -2.17. The Hall–Kier alpha value is -10.3. The molecule has 0 spiro atoms. The zero-order valence-electron chi connectivity index (χ0n) is 44.5. The number of anilines is 6. The zero-order valence-corrected chi connectivity index (χ0v) is 45.3. The van der Waals surface area contributed by atoms with Crippen LogP contribution in [0.3, 0.4) is 0 Å². The van der Waals surface area contributed by atoms with Crippen LogP contribution in [0.4, 0.5) is 34.1 Å². The molecule has 0 saturated heterocycles. The molecule has 0 aliphatic rings. The van der Waals surface area contributed by atoms with E-state index in [4.69, 9.17) is 0 Å².